The molecule has 2 heterocycles. The van der Waals surface area contributed by atoms with E-state index in [9.17, 15) is 0 Å². The van der Waals surface area contributed by atoms with E-state index in [0.717, 1.165) is 32.7 Å². The van der Waals surface area contributed by atoms with Crippen molar-refractivity contribution in [1.29, 1.82) is 0 Å². The number of piperidine rings is 1. The van der Waals surface area contributed by atoms with Crippen LogP contribution in [0.5, 0.6) is 0 Å². The van der Waals surface area contributed by atoms with E-state index < -0.39 is 0 Å². The fraction of sp³-hybridized carbons (Fsp3) is 0.750. The lowest BCUT2D eigenvalue weighted by Gasteiger charge is -2.32. The number of nitrogens with zero attached hydrogens (tertiary/aromatic N) is 4. The molecule has 0 saturated carbocycles. The van der Waals surface area contributed by atoms with Gasteiger partial charge in [0.1, 0.15) is 0 Å². The van der Waals surface area contributed by atoms with Crippen molar-refractivity contribution in [3.05, 3.63) is 10.8 Å². The number of ether oxygens (including phenoxy) is 1. The van der Waals surface area contributed by atoms with Gasteiger partial charge >= 0.3 is 0 Å². The second-order valence-electron chi connectivity index (χ2n) is 4.79. The van der Waals surface area contributed by atoms with E-state index in [4.69, 9.17) is 16.3 Å². The summed E-state index contributed by atoms with van der Waals surface area (Å²) in [6, 6.07) is 0.355. The lowest BCUT2D eigenvalue weighted by Crippen LogP contribution is -2.43. The Morgan fingerprint density at radius 1 is 1.47 bits per heavy atom. The monoisotopic (exact) mass is 285 g/mol. The fourth-order valence-electron chi connectivity index (χ4n) is 2.23. The predicted molar refractivity (Wildman–Crippen MR) is 74.5 cm³/mol. The van der Waals surface area contributed by atoms with Crippen molar-refractivity contribution in [2.75, 3.05) is 38.7 Å². The molecule has 6 nitrogen and oxygen atoms in total. The zero-order chi connectivity index (χ0) is 13.7. The highest BCUT2D eigenvalue weighted by molar-refractivity contribution is 6.29. The Hall–Kier alpha value is -0.980. The lowest BCUT2D eigenvalue weighted by atomic mass is 10.1. The minimum Gasteiger partial charge on any atom is -0.383 e. The van der Waals surface area contributed by atoms with E-state index >= 15 is 0 Å². The molecule has 1 aromatic rings. The van der Waals surface area contributed by atoms with Crippen LogP contribution in [0.15, 0.2) is 0 Å². The van der Waals surface area contributed by atoms with E-state index in [0.29, 0.717) is 22.8 Å². The van der Waals surface area contributed by atoms with Gasteiger partial charge in [0.25, 0.3) is 0 Å². The number of nitrogens with one attached hydrogen (secondary N) is 1. The maximum absolute atomic E-state index is 5.82. The molecule has 0 bridgehead atoms. The molecule has 7 heteroatoms. The van der Waals surface area contributed by atoms with E-state index in [2.05, 4.69) is 25.4 Å². The summed E-state index contributed by atoms with van der Waals surface area (Å²) in [5.74, 6) is 0.556. The summed E-state index contributed by atoms with van der Waals surface area (Å²) in [6.07, 6.45) is 2.29. The van der Waals surface area contributed by atoms with Gasteiger partial charge in [0, 0.05) is 26.2 Å². The van der Waals surface area contributed by atoms with Gasteiger partial charge in [-0.1, -0.05) is 11.6 Å². The minimum absolute atomic E-state index is 0.355. The lowest BCUT2D eigenvalue weighted by molar-refractivity contribution is 0.131. The zero-order valence-electron chi connectivity index (χ0n) is 11.4. The van der Waals surface area contributed by atoms with Gasteiger partial charge in [0.2, 0.25) is 5.95 Å². The molecule has 106 valence electrons. The number of hydrogen-bond acceptors (Lipinski definition) is 6. The molecule has 0 radical (unpaired) electrons. The summed E-state index contributed by atoms with van der Waals surface area (Å²) in [5.41, 5.74) is 0.700. The minimum atomic E-state index is 0.355. The molecular formula is C12H20ClN5O. The highest BCUT2D eigenvalue weighted by atomic mass is 35.5. The molecule has 1 fully saturated rings. The Morgan fingerprint density at radius 3 is 3.05 bits per heavy atom. The first-order valence-electron chi connectivity index (χ1n) is 6.53. The first-order chi connectivity index (χ1) is 9.19. The van der Waals surface area contributed by atoms with Crippen molar-refractivity contribution in [3.8, 4) is 0 Å². The van der Waals surface area contributed by atoms with Crippen LogP contribution >= 0.6 is 11.6 Å². The Kier molecular flexibility index (Phi) is 5.30. The van der Waals surface area contributed by atoms with Crippen molar-refractivity contribution >= 4 is 17.5 Å². The van der Waals surface area contributed by atoms with E-state index in [1.807, 2.05) is 6.92 Å². The number of aryl methyl sites for hydroxylation is 1. The van der Waals surface area contributed by atoms with Crippen molar-refractivity contribution < 1.29 is 4.74 Å². The van der Waals surface area contributed by atoms with Crippen molar-refractivity contribution in [2.45, 2.75) is 25.8 Å². The van der Waals surface area contributed by atoms with Crippen molar-refractivity contribution in [2.24, 2.45) is 0 Å². The molecule has 1 aliphatic rings. The van der Waals surface area contributed by atoms with Gasteiger partial charge in [-0.25, -0.2) is 4.98 Å². The molecule has 0 spiro atoms. The first kappa shape index (κ1) is 14.4. The third kappa shape index (κ3) is 4.26. The molecule has 1 atom stereocenters. The second kappa shape index (κ2) is 6.98. The number of halogens is 1. The highest BCUT2D eigenvalue weighted by Crippen LogP contribution is 2.15. The smallest absolute Gasteiger partial charge is 0.243 e. The topological polar surface area (TPSA) is 63.2 Å². The maximum Gasteiger partial charge on any atom is 0.243 e. The summed E-state index contributed by atoms with van der Waals surface area (Å²) in [4.78, 5) is 6.68. The zero-order valence-corrected chi connectivity index (χ0v) is 12.2. The van der Waals surface area contributed by atoms with E-state index in [1.54, 1.807) is 7.11 Å². The van der Waals surface area contributed by atoms with Gasteiger partial charge in [-0.05, 0) is 26.3 Å². The number of anilines is 1. The standard InChI is InChI=1S/C12H20ClN5O/c1-9-11(13)16-17-12(14-9)15-10-4-3-5-18(8-10)6-7-19-2/h10H,3-8H2,1-2H3,(H,14,15,17)/t10-/m1/s1. The summed E-state index contributed by atoms with van der Waals surface area (Å²) < 4.78 is 5.12. The van der Waals surface area contributed by atoms with Crippen molar-refractivity contribution in [3.63, 3.8) is 0 Å². The number of likely N-dealkylation sites (tertiary alicyclic amines) is 1. The largest absolute Gasteiger partial charge is 0.383 e. The quantitative estimate of drug-likeness (QED) is 0.881. The number of rotatable bonds is 5. The molecule has 1 aromatic heterocycles. The molecular weight excluding hydrogens is 266 g/mol. The number of methoxy groups -OCH3 is 1. The Balaban J connectivity index is 1.89. The van der Waals surface area contributed by atoms with Crippen LogP contribution in [0.4, 0.5) is 5.95 Å². The van der Waals surface area contributed by atoms with Crippen LogP contribution in [0.1, 0.15) is 18.5 Å². The Bertz CT molecular complexity index is 417. The molecule has 0 aliphatic carbocycles. The normalized spacial score (nSPS) is 20.5. The second-order valence-corrected chi connectivity index (χ2v) is 5.15. The average molecular weight is 286 g/mol. The third-order valence-corrected chi connectivity index (χ3v) is 3.60. The Labute approximate surface area is 118 Å². The van der Waals surface area contributed by atoms with E-state index in [-0.39, 0.29) is 0 Å². The van der Waals surface area contributed by atoms with Crippen LogP contribution < -0.4 is 5.32 Å². The molecule has 0 aromatic carbocycles. The van der Waals surface area contributed by atoms with Crippen LogP contribution in [-0.4, -0.2) is 59.5 Å². The van der Waals surface area contributed by atoms with Gasteiger partial charge in [0.15, 0.2) is 5.15 Å². The van der Waals surface area contributed by atoms with Crippen LogP contribution in [0.3, 0.4) is 0 Å². The molecule has 2 rings (SSSR count). The van der Waals surface area contributed by atoms with Gasteiger partial charge in [0.05, 0.1) is 12.3 Å². The maximum atomic E-state index is 5.82. The molecule has 0 unspecified atom stereocenters. The van der Waals surface area contributed by atoms with Crippen LogP contribution in [0.2, 0.25) is 5.15 Å². The van der Waals surface area contributed by atoms with Gasteiger partial charge in [-0.15, -0.1) is 10.2 Å². The molecule has 19 heavy (non-hydrogen) atoms. The van der Waals surface area contributed by atoms with Gasteiger partial charge < -0.3 is 10.1 Å². The van der Waals surface area contributed by atoms with Crippen LogP contribution in [0, 0.1) is 6.92 Å². The van der Waals surface area contributed by atoms with Gasteiger partial charge in [-0.3, -0.25) is 4.90 Å². The summed E-state index contributed by atoms with van der Waals surface area (Å²) in [6.45, 7) is 5.67. The summed E-state index contributed by atoms with van der Waals surface area (Å²) in [5, 5.41) is 11.5. The predicted octanol–water partition coefficient (Wildman–Crippen LogP) is 1.36. The SMILES string of the molecule is COCCN1CCC[C@@H](Nc2nnc(Cl)c(C)n2)C1. The summed E-state index contributed by atoms with van der Waals surface area (Å²) >= 11 is 5.82. The van der Waals surface area contributed by atoms with Crippen LogP contribution in [-0.2, 0) is 4.74 Å². The third-order valence-electron chi connectivity index (χ3n) is 3.26. The highest BCUT2D eigenvalue weighted by Gasteiger charge is 2.20. The summed E-state index contributed by atoms with van der Waals surface area (Å²) in [7, 11) is 1.73. The molecule has 1 saturated heterocycles. The van der Waals surface area contributed by atoms with Crippen molar-refractivity contribution in [1.82, 2.24) is 20.1 Å². The molecule has 0 amide bonds. The first-order valence-corrected chi connectivity index (χ1v) is 6.91. The number of hydrogen-bond donors (Lipinski definition) is 1. The average Bonchev–Trinajstić information content (AvgIpc) is 2.41. The molecule has 1 N–H and O–H groups in total. The fourth-order valence-corrected chi connectivity index (χ4v) is 2.31. The molecule has 1 aliphatic heterocycles. The number of aromatic nitrogens is 3. The Morgan fingerprint density at radius 2 is 2.32 bits per heavy atom. The van der Waals surface area contributed by atoms with Gasteiger partial charge in [-0.2, -0.15) is 0 Å². The van der Waals surface area contributed by atoms with Crippen LogP contribution in [0.25, 0.3) is 0 Å². The van der Waals surface area contributed by atoms with E-state index in [1.165, 1.54) is 6.42 Å².